The second-order valence-corrected chi connectivity index (χ2v) is 6.23. The Hall–Kier alpha value is -2.54. The molecule has 5 nitrogen and oxygen atoms in total. The van der Waals surface area contributed by atoms with Gasteiger partial charge in [0.15, 0.2) is 0 Å². The molecule has 7 heteroatoms. The van der Waals surface area contributed by atoms with Crippen molar-refractivity contribution in [3.63, 3.8) is 0 Å². The maximum atomic E-state index is 13.8. The Bertz CT molecular complexity index is 818. The van der Waals surface area contributed by atoms with Gasteiger partial charge in [0.1, 0.15) is 23.5 Å². The van der Waals surface area contributed by atoms with Crippen molar-refractivity contribution < 1.29 is 13.2 Å². The first-order chi connectivity index (χ1) is 12.2. The maximum Gasteiger partial charge on any atom is 0.232 e. The molecular formula is C18H18F2N4O. The molecule has 0 N–H and O–H groups in total. The van der Waals surface area contributed by atoms with E-state index in [4.69, 9.17) is 4.42 Å². The van der Waals surface area contributed by atoms with E-state index < -0.39 is 11.6 Å². The van der Waals surface area contributed by atoms with E-state index in [-0.39, 0.29) is 11.5 Å². The van der Waals surface area contributed by atoms with E-state index in [0.717, 1.165) is 25.9 Å². The maximum absolute atomic E-state index is 13.8. The first-order valence-corrected chi connectivity index (χ1v) is 8.31. The summed E-state index contributed by atoms with van der Waals surface area (Å²) < 4.78 is 35.0. The monoisotopic (exact) mass is 344 g/mol. The number of aromatic nitrogens is 3. The van der Waals surface area contributed by atoms with Crippen LogP contribution in [-0.2, 0) is 6.54 Å². The van der Waals surface area contributed by atoms with Gasteiger partial charge in [0, 0.05) is 32.0 Å². The van der Waals surface area contributed by atoms with Crippen molar-refractivity contribution in [1.29, 1.82) is 0 Å². The van der Waals surface area contributed by atoms with E-state index in [1.807, 2.05) is 16.9 Å². The molecule has 1 aliphatic heterocycles. The highest BCUT2D eigenvalue weighted by atomic mass is 19.1. The lowest BCUT2D eigenvalue weighted by Crippen LogP contribution is -2.34. The second kappa shape index (κ2) is 6.76. The summed E-state index contributed by atoms with van der Waals surface area (Å²) in [4.78, 5) is 6.52. The van der Waals surface area contributed by atoms with Crippen molar-refractivity contribution in [2.45, 2.75) is 25.4 Å². The van der Waals surface area contributed by atoms with Crippen LogP contribution in [0, 0.1) is 11.6 Å². The molecule has 1 fully saturated rings. The molecule has 25 heavy (non-hydrogen) atoms. The van der Waals surface area contributed by atoms with E-state index >= 15 is 0 Å². The van der Waals surface area contributed by atoms with Crippen LogP contribution in [-0.4, -0.2) is 32.8 Å². The topological polar surface area (TPSA) is 47.1 Å². The Morgan fingerprint density at radius 2 is 1.88 bits per heavy atom. The summed E-state index contributed by atoms with van der Waals surface area (Å²) in [7, 11) is 0. The van der Waals surface area contributed by atoms with Crippen LogP contribution >= 0.6 is 0 Å². The van der Waals surface area contributed by atoms with Crippen LogP contribution < -0.4 is 0 Å². The zero-order valence-electron chi connectivity index (χ0n) is 13.6. The number of halogens is 2. The fourth-order valence-corrected chi connectivity index (χ4v) is 3.26. The minimum atomic E-state index is -0.673. The van der Waals surface area contributed by atoms with Crippen molar-refractivity contribution in [2.75, 3.05) is 13.1 Å². The molecule has 1 aromatic carbocycles. The summed E-state index contributed by atoms with van der Waals surface area (Å²) in [6, 6.07) is 6.07. The number of rotatable bonds is 4. The smallest absolute Gasteiger partial charge is 0.232 e. The van der Waals surface area contributed by atoms with E-state index in [9.17, 15) is 8.78 Å². The SMILES string of the molecule is Fc1cccc(F)c1-c1nc(CN2CCC(n3cccn3)CC2)co1. The first-order valence-electron chi connectivity index (χ1n) is 8.31. The number of piperidine rings is 1. The molecule has 0 spiro atoms. The molecule has 3 heterocycles. The third-order valence-electron chi connectivity index (χ3n) is 4.57. The number of nitrogens with zero attached hydrogens (tertiary/aromatic N) is 4. The number of likely N-dealkylation sites (tertiary alicyclic amines) is 1. The van der Waals surface area contributed by atoms with Crippen molar-refractivity contribution >= 4 is 0 Å². The summed E-state index contributed by atoms with van der Waals surface area (Å²) in [6.07, 6.45) is 7.28. The molecule has 1 aliphatic rings. The minimum absolute atomic E-state index is 0.0166. The summed E-state index contributed by atoms with van der Waals surface area (Å²) in [6.45, 7) is 2.44. The quantitative estimate of drug-likeness (QED) is 0.725. The molecule has 0 unspecified atom stereocenters. The van der Waals surface area contributed by atoms with E-state index in [1.165, 1.54) is 24.5 Å². The molecule has 3 aromatic rings. The first kappa shape index (κ1) is 16.0. The lowest BCUT2D eigenvalue weighted by molar-refractivity contribution is 0.171. The summed E-state index contributed by atoms with van der Waals surface area (Å²) >= 11 is 0. The molecule has 1 saturated heterocycles. The van der Waals surface area contributed by atoms with Crippen LogP contribution in [0.3, 0.4) is 0 Å². The van der Waals surface area contributed by atoms with Gasteiger partial charge < -0.3 is 4.42 Å². The van der Waals surface area contributed by atoms with Gasteiger partial charge in [-0.05, 0) is 31.0 Å². The number of hydrogen-bond acceptors (Lipinski definition) is 4. The number of oxazole rings is 1. The predicted octanol–water partition coefficient (Wildman–Crippen LogP) is 3.65. The molecule has 2 aromatic heterocycles. The standard InChI is InChI=1S/C18H18F2N4O/c19-15-3-1-4-16(20)17(15)18-22-13(12-25-18)11-23-9-5-14(6-10-23)24-8-2-7-21-24/h1-4,7-8,12,14H,5-6,9-11H2. The zero-order chi connectivity index (χ0) is 17.2. The Kier molecular flexibility index (Phi) is 4.31. The normalized spacial score (nSPS) is 16.4. The van der Waals surface area contributed by atoms with Gasteiger partial charge in [0.05, 0.1) is 11.7 Å². The number of hydrogen-bond donors (Lipinski definition) is 0. The Labute approximate surface area is 143 Å². The fourth-order valence-electron chi connectivity index (χ4n) is 3.26. The molecule has 0 bridgehead atoms. The highest BCUT2D eigenvalue weighted by molar-refractivity contribution is 5.55. The van der Waals surface area contributed by atoms with Crippen LogP contribution in [0.15, 0.2) is 47.3 Å². The summed E-state index contributed by atoms with van der Waals surface area (Å²) in [5.41, 5.74) is 0.460. The van der Waals surface area contributed by atoms with Gasteiger partial charge in [-0.15, -0.1) is 0 Å². The average molecular weight is 344 g/mol. The van der Waals surface area contributed by atoms with Crippen molar-refractivity contribution in [3.8, 4) is 11.5 Å². The van der Waals surface area contributed by atoms with Crippen LogP contribution in [0.5, 0.6) is 0 Å². The van der Waals surface area contributed by atoms with Gasteiger partial charge in [0.2, 0.25) is 5.89 Å². The van der Waals surface area contributed by atoms with Crippen LogP contribution in [0.25, 0.3) is 11.5 Å². The number of benzene rings is 1. The van der Waals surface area contributed by atoms with Crippen LogP contribution in [0.1, 0.15) is 24.6 Å². The third-order valence-corrected chi connectivity index (χ3v) is 4.57. The van der Waals surface area contributed by atoms with Crippen LogP contribution in [0.2, 0.25) is 0 Å². The molecule has 4 rings (SSSR count). The molecule has 0 aliphatic carbocycles. The van der Waals surface area contributed by atoms with Crippen molar-refractivity contribution in [2.24, 2.45) is 0 Å². The largest absolute Gasteiger partial charge is 0.444 e. The Morgan fingerprint density at radius 3 is 2.56 bits per heavy atom. The van der Waals surface area contributed by atoms with Gasteiger partial charge >= 0.3 is 0 Å². The summed E-state index contributed by atoms with van der Waals surface area (Å²) in [5.74, 6) is -1.36. The molecule has 130 valence electrons. The minimum Gasteiger partial charge on any atom is -0.444 e. The fraction of sp³-hybridized carbons (Fsp3) is 0.333. The molecule has 0 amide bonds. The van der Waals surface area contributed by atoms with Crippen molar-refractivity contribution in [3.05, 3.63) is 60.3 Å². The summed E-state index contributed by atoms with van der Waals surface area (Å²) in [5, 5.41) is 4.30. The van der Waals surface area contributed by atoms with E-state index in [0.29, 0.717) is 18.3 Å². The van der Waals surface area contributed by atoms with Crippen molar-refractivity contribution in [1.82, 2.24) is 19.7 Å². The van der Waals surface area contributed by atoms with Crippen LogP contribution in [0.4, 0.5) is 8.78 Å². The predicted molar refractivity (Wildman–Crippen MR) is 87.6 cm³/mol. The third kappa shape index (κ3) is 3.32. The second-order valence-electron chi connectivity index (χ2n) is 6.23. The van der Waals surface area contributed by atoms with Gasteiger partial charge in [0.25, 0.3) is 0 Å². The van der Waals surface area contributed by atoms with E-state index in [2.05, 4.69) is 15.0 Å². The molecule has 0 atom stereocenters. The Morgan fingerprint density at radius 1 is 1.12 bits per heavy atom. The van der Waals surface area contributed by atoms with Gasteiger partial charge in [-0.2, -0.15) is 5.10 Å². The Balaban J connectivity index is 1.41. The highest BCUT2D eigenvalue weighted by Gasteiger charge is 2.22. The molecular weight excluding hydrogens is 326 g/mol. The molecule has 0 saturated carbocycles. The highest BCUT2D eigenvalue weighted by Crippen LogP contribution is 2.27. The van der Waals surface area contributed by atoms with E-state index in [1.54, 1.807) is 6.20 Å². The van der Waals surface area contributed by atoms with Gasteiger partial charge in [-0.3, -0.25) is 9.58 Å². The van der Waals surface area contributed by atoms with Gasteiger partial charge in [-0.1, -0.05) is 6.07 Å². The lowest BCUT2D eigenvalue weighted by Gasteiger charge is -2.31. The zero-order valence-corrected chi connectivity index (χ0v) is 13.6. The van der Waals surface area contributed by atoms with Gasteiger partial charge in [-0.25, -0.2) is 13.8 Å². The molecule has 0 radical (unpaired) electrons. The average Bonchev–Trinajstić information content (AvgIpc) is 3.28. The lowest BCUT2D eigenvalue weighted by atomic mass is 10.1.